The van der Waals surface area contributed by atoms with Gasteiger partial charge in [-0.25, -0.2) is 0 Å². The summed E-state index contributed by atoms with van der Waals surface area (Å²) in [5.41, 5.74) is 7.05. The molecule has 2 aliphatic rings. The molecule has 0 aromatic heterocycles. The summed E-state index contributed by atoms with van der Waals surface area (Å²) < 4.78 is 0. The Morgan fingerprint density at radius 2 is 1.95 bits per heavy atom. The highest BCUT2D eigenvalue weighted by Gasteiger charge is 2.38. The molecule has 1 aromatic rings. The molecule has 5 heteroatoms. The number of carbonyl (C=O) groups excluding carboxylic acids is 1. The van der Waals surface area contributed by atoms with Crippen LogP contribution in [-0.4, -0.2) is 28.0 Å². The minimum atomic E-state index is -0.251. The first kappa shape index (κ1) is 16.1. The maximum atomic E-state index is 12.5. The van der Waals surface area contributed by atoms with Gasteiger partial charge < -0.3 is 15.7 Å². The van der Waals surface area contributed by atoms with Crippen molar-refractivity contribution in [2.24, 2.45) is 5.73 Å². The number of rotatable bonds is 3. The van der Waals surface area contributed by atoms with Crippen LogP contribution >= 0.6 is 12.4 Å². The van der Waals surface area contributed by atoms with E-state index in [1.165, 1.54) is 0 Å². The first-order valence-electron chi connectivity index (χ1n) is 7.45. The van der Waals surface area contributed by atoms with E-state index >= 15 is 0 Å². The normalized spacial score (nSPS) is 23.3. The predicted molar refractivity (Wildman–Crippen MR) is 84.4 cm³/mol. The fourth-order valence-corrected chi connectivity index (χ4v) is 3.32. The summed E-state index contributed by atoms with van der Waals surface area (Å²) >= 11 is 0. The van der Waals surface area contributed by atoms with Crippen LogP contribution in [0.15, 0.2) is 24.3 Å². The zero-order valence-electron chi connectivity index (χ0n) is 12.1. The Balaban J connectivity index is 0.00000161. The van der Waals surface area contributed by atoms with Crippen LogP contribution in [0.1, 0.15) is 50.1 Å². The summed E-state index contributed by atoms with van der Waals surface area (Å²) in [4.78, 5) is 14.5. The second kappa shape index (κ2) is 6.24. The van der Waals surface area contributed by atoms with E-state index in [0.29, 0.717) is 6.42 Å². The van der Waals surface area contributed by atoms with Crippen LogP contribution in [0.2, 0.25) is 0 Å². The van der Waals surface area contributed by atoms with Crippen molar-refractivity contribution >= 4 is 18.3 Å². The summed E-state index contributed by atoms with van der Waals surface area (Å²) in [6.07, 6.45) is 5.59. The van der Waals surface area contributed by atoms with Crippen molar-refractivity contribution in [1.29, 1.82) is 0 Å². The van der Waals surface area contributed by atoms with Gasteiger partial charge in [0.15, 0.2) is 0 Å². The molecule has 21 heavy (non-hydrogen) atoms. The van der Waals surface area contributed by atoms with E-state index in [9.17, 15) is 9.90 Å². The number of hydrogen-bond donors (Lipinski definition) is 2. The summed E-state index contributed by atoms with van der Waals surface area (Å²) in [6.45, 7) is 0.820. The highest BCUT2D eigenvalue weighted by Crippen LogP contribution is 2.37. The predicted octanol–water partition coefficient (Wildman–Crippen LogP) is 2.75. The van der Waals surface area contributed by atoms with Gasteiger partial charge in [-0.1, -0.05) is 12.1 Å². The van der Waals surface area contributed by atoms with Crippen molar-refractivity contribution in [2.45, 2.75) is 50.1 Å². The van der Waals surface area contributed by atoms with Crippen LogP contribution in [0, 0.1) is 0 Å². The number of likely N-dealkylation sites (tertiary alicyclic amines) is 1. The molecule has 1 saturated heterocycles. The van der Waals surface area contributed by atoms with Crippen molar-refractivity contribution in [1.82, 2.24) is 4.90 Å². The van der Waals surface area contributed by atoms with E-state index in [2.05, 4.69) is 0 Å². The Labute approximate surface area is 131 Å². The number of aromatic hydroxyl groups is 1. The number of phenols is 1. The zero-order chi connectivity index (χ0) is 14.2. The van der Waals surface area contributed by atoms with E-state index in [-0.39, 0.29) is 35.6 Å². The van der Waals surface area contributed by atoms with E-state index in [0.717, 1.165) is 44.2 Å². The van der Waals surface area contributed by atoms with Gasteiger partial charge in [-0.15, -0.1) is 12.4 Å². The summed E-state index contributed by atoms with van der Waals surface area (Å²) in [5, 5.41) is 9.37. The fourth-order valence-electron chi connectivity index (χ4n) is 3.32. The molecule has 4 nitrogen and oxygen atoms in total. The maximum Gasteiger partial charge on any atom is 0.224 e. The van der Waals surface area contributed by atoms with Crippen molar-refractivity contribution in [3.05, 3.63) is 29.8 Å². The minimum Gasteiger partial charge on any atom is -0.508 e. The quantitative estimate of drug-likeness (QED) is 0.902. The monoisotopic (exact) mass is 310 g/mol. The number of nitrogens with two attached hydrogens (primary N) is 1. The molecule has 2 fully saturated rings. The molecule has 1 amide bonds. The first-order valence-corrected chi connectivity index (χ1v) is 7.45. The lowest BCUT2D eigenvalue weighted by Gasteiger charge is -2.39. The average molecular weight is 311 g/mol. The summed E-state index contributed by atoms with van der Waals surface area (Å²) in [5.74, 6) is 0.447. The highest BCUT2D eigenvalue weighted by atomic mass is 35.5. The smallest absolute Gasteiger partial charge is 0.224 e. The van der Waals surface area contributed by atoms with Crippen LogP contribution in [0.4, 0.5) is 0 Å². The average Bonchev–Trinajstić information content (AvgIpc) is 2.87. The first-order chi connectivity index (χ1) is 9.57. The number of phenolic OH excluding ortho intramolecular Hbond substituents is 1. The van der Waals surface area contributed by atoms with Crippen molar-refractivity contribution < 1.29 is 9.90 Å². The van der Waals surface area contributed by atoms with Gasteiger partial charge in [0.25, 0.3) is 0 Å². The topological polar surface area (TPSA) is 66.6 Å². The molecule has 0 bridgehead atoms. The van der Waals surface area contributed by atoms with Crippen molar-refractivity contribution in [3.63, 3.8) is 0 Å². The largest absolute Gasteiger partial charge is 0.508 e. The molecule has 3 N–H and O–H groups in total. The van der Waals surface area contributed by atoms with Gasteiger partial charge in [0.2, 0.25) is 5.91 Å². The zero-order valence-corrected chi connectivity index (χ0v) is 12.9. The lowest BCUT2D eigenvalue weighted by molar-refractivity contribution is -0.134. The van der Waals surface area contributed by atoms with Crippen LogP contribution < -0.4 is 5.73 Å². The van der Waals surface area contributed by atoms with Crippen molar-refractivity contribution in [2.75, 3.05) is 6.54 Å². The van der Waals surface area contributed by atoms with E-state index < -0.39 is 0 Å². The van der Waals surface area contributed by atoms with Gasteiger partial charge in [-0.05, 0) is 49.8 Å². The number of nitrogens with zero attached hydrogens (tertiary/aromatic N) is 1. The van der Waals surface area contributed by atoms with Gasteiger partial charge in [0.05, 0.1) is 6.04 Å². The van der Waals surface area contributed by atoms with Crippen molar-refractivity contribution in [3.8, 4) is 5.75 Å². The number of hydrogen-bond acceptors (Lipinski definition) is 3. The molecule has 1 unspecified atom stereocenters. The highest BCUT2D eigenvalue weighted by molar-refractivity contribution is 5.85. The third kappa shape index (κ3) is 3.33. The van der Waals surface area contributed by atoms with Crippen LogP contribution in [-0.2, 0) is 4.79 Å². The molecule has 116 valence electrons. The second-order valence-corrected chi connectivity index (χ2v) is 6.23. The molecular formula is C16H23ClN2O2. The van der Waals surface area contributed by atoms with Crippen LogP contribution in [0.3, 0.4) is 0 Å². The van der Waals surface area contributed by atoms with Gasteiger partial charge >= 0.3 is 0 Å². The van der Waals surface area contributed by atoms with E-state index in [1.807, 2.05) is 17.0 Å². The molecule has 0 spiro atoms. The minimum absolute atomic E-state index is 0. The molecule has 1 aromatic carbocycles. The molecule has 1 aliphatic carbocycles. The summed E-state index contributed by atoms with van der Waals surface area (Å²) in [7, 11) is 0. The maximum absolute atomic E-state index is 12.5. The SMILES string of the molecule is Cl.NC1(CC(=O)N2CCCC2c2ccc(O)cc2)CCC1. The van der Waals surface area contributed by atoms with Gasteiger partial charge in [-0.2, -0.15) is 0 Å². The van der Waals surface area contributed by atoms with Gasteiger partial charge in [0.1, 0.15) is 5.75 Å². The van der Waals surface area contributed by atoms with Crippen LogP contribution in [0.25, 0.3) is 0 Å². The number of benzene rings is 1. The Morgan fingerprint density at radius 1 is 1.29 bits per heavy atom. The third-order valence-corrected chi connectivity index (χ3v) is 4.70. The lowest BCUT2D eigenvalue weighted by atomic mass is 9.75. The van der Waals surface area contributed by atoms with E-state index in [4.69, 9.17) is 5.73 Å². The Morgan fingerprint density at radius 3 is 2.52 bits per heavy atom. The standard InChI is InChI=1S/C16H22N2O2.ClH/c17-16(8-2-9-16)11-15(20)18-10-1-3-14(18)12-4-6-13(19)7-5-12;/h4-7,14,19H,1-3,8-11,17H2;1H. The molecule has 1 saturated carbocycles. The fraction of sp³-hybridized carbons (Fsp3) is 0.562. The van der Waals surface area contributed by atoms with E-state index in [1.54, 1.807) is 12.1 Å². The second-order valence-electron chi connectivity index (χ2n) is 6.23. The molecule has 3 rings (SSSR count). The third-order valence-electron chi connectivity index (χ3n) is 4.70. The van der Waals surface area contributed by atoms with Crippen LogP contribution in [0.5, 0.6) is 5.75 Å². The Hall–Kier alpha value is -1.26. The number of carbonyl (C=O) groups is 1. The molecular weight excluding hydrogens is 288 g/mol. The van der Waals surface area contributed by atoms with Gasteiger partial charge in [0, 0.05) is 18.5 Å². The lowest BCUT2D eigenvalue weighted by Crippen LogP contribution is -2.50. The number of amides is 1. The molecule has 1 heterocycles. The molecule has 1 atom stereocenters. The molecule has 1 aliphatic heterocycles. The Kier molecular flexibility index (Phi) is 4.79. The number of halogens is 1. The Bertz CT molecular complexity index is 500. The summed E-state index contributed by atoms with van der Waals surface area (Å²) in [6, 6.07) is 7.34. The van der Waals surface area contributed by atoms with Gasteiger partial charge in [-0.3, -0.25) is 4.79 Å². The molecule has 0 radical (unpaired) electrons.